The molecular formula is C39H53N7O7. The molecule has 0 radical (unpaired) electrons. The number of carbonyl (C=O) groups excluding carboxylic acids is 3. The number of nitrogens with zero attached hydrogens (tertiary/aromatic N) is 3. The fourth-order valence-corrected chi connectivity index (χ4v) is 7.35. The number of methoxy groups -OCH3 is 3. The number of ether oxygens (including phenoxy) is 4. The van der Waals surface area contributed by atoms with Crippen molar-refractivity contribution in [2.75, 3.05) is 47.5 Å². The van der Waals surface area contributed by atoms with E-state index < -0.39 is 18.2 Å². The molecule has 6 atom stereocenters. The van der Waals surface area contributed by atoms with Crippen LogP contribution in [0.15, 0.2) is 46.4 Å². The first-order chi connectivity index (χ1) is 25.7. The highest BCUT2D eigenvalue weighted by atomic mass is 16.5. The van der Waals surface area contributed by atoms with Crippen LogP contribution in [0.3, 0.4) is 0 Å². The van der Waals surface area contributed by atoms with Crippen molar-refractivity contribution in [2.45, 2.75) is 95.2 Å². The molecule has 2 unspecified atom stereocenters. The quantitative estimate of drug-likeness (QED) is 0.170. The van der Waals surface area contributed by atoms with Crippen molar-refractivity contribution in [1.29, 1.82) is 0 Å². The molecule has 0 spiro atoms. The van der Waals surface area contributed by atoms with Crippen molar-refractivity contribution in [3.05, 3.63) is 58.7 Å². The number of benzene rings is 2. The summed E-state index contributed by atoms with van der Waals surface area (Å²) < 4.78 is 21.8. The molecule has 4 aliphatic rings. The number of hydrogen-bond donors (Lipinski definition) is 4. The second-order valence-corrected chi connectivity index (χ2v) is 14.2. The summed E-state index contributed by atoms with van der Waals surface area (Å²) in [5.41, 5.74) is 4.51. The van der Waals surface area contributed by atoms with Crippen molar-refractivity contribution >= 4 is 29.6 Å². The number of amidine groups is 2. The number of likely N-dealkylation sites (tertiary alicyclic amines) is 1. The lowest BCUT2D eigenvalue weighted by Crippen LogP contribution is -2.57. The van der Waals surface area contributed by atoms with Crippen LogP contribution in [0, 0.1) is 0 Å². The number of aliphatic imine (C=N–C) groups is 2. The van der Waals surface area contributed by atoms with E-state index in [2.05, 4.69) is 51.6 Å². The van der Waals surface area contributed by atoms with Crippen LogP contribution in [0.2, 0.25) is 0 Å². The van der Waals surface area contributed by atoms with Gasteiger partial charge < -0.3 is 45.1 Å². The molecule has 4 N–H and O–H groups in total. The second-order valence-electron chi connectivity index (χ2n) is 14.2. The molecule has 14 nitrogen and oxygen atoms in total. The molecule has 0 aromatic heterocycles. The summed E-state index contributed by atoms with van der Waals surface area (Å²) in [6.07, 6.45) is 4.16. The van der Waals surface area contributed by atoms with Gasteiger partial charge in [0.2, 0.25) is 11.8 Å². The maximum absolute atomic E-state index is 13.6. The maximum Gasteiger partial charge on any atom is 0.407 e. The van der Waals surface area contributed by atoms with Gasteiger partial charge in [0.1, 0.15) is 23.4 Å². The highest BCUT2D eigenvalue weighted by Crippen LogP contribution is 2.39. The van der Waals surface area contributed by atoms with E-state index in [0.717, 1.165) is 83.9 Å². The Morgan fingerprint density at radius 2 is 1.72 bits per heavy atom. The first kappa shape index (κ1) is 38.0. The van der Waals surface area contributed by atoms with Gasteiger partial charge in [0.15, 0.2) is 0 Å². The lowest BCUT2D eigenvalue weighted by atomic mass is 9.94. The zero-order valence-electron chi connectivity index (χ0n) is 31.4. The number of carbonyl (C=O) groups is 3. The van der Waals surface area contributed by atoms with Crippen LogP contribution < -0.4 is 26.0 Å². The minimum atomic E-state index is -0.871. The van der Waals surface area contributed by atoms with Crippen LogP contribution in [-0.4, -0.2) is 106 Å². The SMILES string of the molecule is COC(=O)N[C@H](C(=O)N1CCC[C@H]1C1=NCC(c2ccc3c(c2)Cc2ccc(C4CN=C(CCCCNC(=O)C[C@@H](C)OC)N4)cc2O3)N1)[C@@H](C)OC. The van der Waals surface area contributed by atoms with E-state index in [4.69, 9.17) is 28.9 Å². The first-order valence-corrected chi connectivity index (χ1v) is 18.7. The average Bonchev–Trinajstić information content (AvgIpc) is 3.96. The Morgan fingerprint density at radius 1 is 0.943 bits per heavy atom. The topological polar surface area (TPSA) is 164 Å². The van der Waals surface area contributed by atoms with Crippen molar-refractivity contribution in [3.8, 4) is 11.5 Å². The van der Waals surface area contributed by atoms with E-state index in [-0.39, 0.29) is 36.0 Å². The van der Waals surface area contributed by atoms with Gasteiger partial charge in [-0.3, -0.25) is 19.6 Å². The van der Waals surface area contributed by atoms with E-state index in [1.165, 1.54) is 14.2 Å². The van der Waals surface area contributed by atoms with Gasteiger partial charge in [0.05, 0.1) is 62.8 Å². The summed E-state index contributed by atoms with van der Waals surface area (Å²) in [5.74, 6) is 3.32. The fourth-order valence-electron chi connectivity index (χ4n) is 7.35. The predicted octanol–water partition coefficient (Wildman–Crippen LogP) is 3.93. The van der Waals surface area contributed by atoms with Gasteiger partial charge in [-0.1, -0.05) is 18.2 Å². The van der Waals surface area contributed by atoms with Crippen LogP contribution in [0.1, 0.15) is 86.7 Å². The number of alkyl carbamates (subject to hydrolysis) is 1. The second kappa shape index (κ2) is 17.4. The molecule has 1 fully saturated rings. The molecule has 4 heterocycles. The minimum Gasteiger partial charge on any atom is -0.457 e. The maximum atomic E-state index is 13.6. The zero-order chi connectivity index (χ0) is 37.5. The lowest BCUT2D eigenvalue weighted by Gasteiger charge is -2.31. The molecule has 0 saturated carbocycles. The molecule has 0 bridgehead atoms. The van der Waals surface area contributed by atoms with Crippen LogP contribution in [0.4, 0.5) is 4.79 Å². The fraction of sp³-hybridized carbons (Fsp3) is 0.564. The Balaban J connectivity index is 1.000. The summed E-state index contributed by atoms with van der Waals surface area (Å²) in [7, 11) is 4.40. The number of nitrogens with one attached hydrogen (secondary N) is 4. The molecule has 6 rings (SSSR count). The van der Waals surface area contributed by atoms with E-state index >= 15 is 0 Å². The third kappa shape index (κ3) is 9.10. The minimum absolute atomic E-state index is 0.0191. The first-order valence-electron chi connectivity index (χ1n) is 18.7. The standard InChI is InChI=1S/C39H53N7O7/c1-23(50-3)17-35(47)40-15-7-6-10-34-41-21-29(43-34)26-11-12-27-19-28-18-25(13-14-32(28)53-33(27)20-26)30-22-42-37(44-30)31-9-8-16-46(31)38(48)36(24(2)51-4)45-39(49)52-5/h11-14,18,20,23-24,29-31,36H,6-10,15-17,19,21-22H2,1-5H3,(H,40,47)(H,41,43)(H,42,44)(H,45,49)/t23-,24-,29?,30?,31+,36+/m1/s1. The van der Waals surface area contributed by atoms with Crippen LogP contribution in [0.25, 0.3) is 0 Å². The molecule has 3 amide bonds. The van der Waals surface area contributed by atoms with E-state index in [1.54, 1.807) is 18.9 Å². The lowest BCUT2D eigenvalue weighted by molar-refractivity contribution is -0.136. The van der Waals surface area contributed by atoms with Gasteiger partial charge in [-0.05, 0) is 80.0 Å². The van der Waals surface area contributed by atoms with Gasteiger partial charge in [-0.25, -0.2) is 4.79 Å². The van der Waals surface area contributed by atoms with Gasteiger partial charge in [0.25, 0.3) is 0 Å². The van der Waals surface area contributed by atoms with Crippen LogP contribution in [-0.2, 0) is 30.2 Å². The molecule has 2 aromatic carbocycles. The Bertz CT molecular complexity index is 1710. The third-order valence-electron chi connectivity index (χ3n) is 10.6. The number of rotatable bonds is 15. The number of hydrogen-bond acceptors (Lipinski definition) is 11. The average molecular weight is 732 g/mol. The Hall–Kier alpha value is -4.69. The molecule has 53 heavy (non-hydrogen) atoms. The smallest absolute Gasteiger partial charge is 0.407 e. The van der Waals surface area contributed by atoms with E-state index in [9.17, 15) is 14.4 Å². The molecule has 2 aromatic rings. The van der Waals surface area contributed by atoms with E-state index in [0.29, 0.717) is 32.6 Å². The van der Waals surface area contributed by atoms with Gasteiger partial charge in [-0.15, -0.1) is 0 Å². The number of fused-ring (bicyclic) bond motifs is 2. The molecule has 286 valence electrons. The highest BCUT2D eigenvalue weighted by molar-refractivity contribution is 5.95. The van der Waals surface area contributed by atoms with Gasteiger partial charge in [-0.2, -0.15) is 0 Å². The van der Waals surface area contributed by atoms with Gasteiger partial charge in [0, 0.05) is 40.2 Å². The summed E-state index contributed by atoms with van der Waals surface area (Å²) in [4.78, 5) is 49.0. The van der Waals surface area contributed by atoms with Crippen molar-refractivity contribution in [3.63, 3.8) is 0 Å². The summed E-state index contributed by atoms with van der Waals surface area (Å²) in [5, 5.41) is 12.8. The molecular weight excluding hydrogens is 678 g/mol. The summed E-state index contributed by atoms with van der Waals surface area (Å²) >= 11 is 0. The Labute approximate surface area is 311 Å². The molecule has 14 heteroatoms. The summed E-state index contributed by atoms with van der Waals surface area (Å²) in [6, 6.07) is 11.8. The Morgan fingerprint density at radius 3 is 2.51 bits per heavy atom. The Kier molecular flexibility index (Phi) is 12.5. The largest absolute Gasteiger partial charge is 0.457 e. The predicted molar refractivity (Wildman–Crippen MR) is 201 cm³/mol. The highest BCUT2D eigenvalue weighted by Gasteiger charge is 2.40. The van der Waals surface area contributed by atoms with Crippen molar-refractivity contribution in [1.82, 2.24) is 26.2 Å². The third-order valence-corrected chi connectivity index (χ3v) is 10.6. The van der Waals surface area contributed by atoms with E-state index in [1.807, 2.05) is 13.0 Å². The van der Waals surface area contributed by atoms with Crippen molar-refractivity contribution in [2.24, 2.45) is 9.98 Å². The molecule has 4 aliphatic heterocycles. The van der Waals surface area contributed by atoms with Crippen LogP contribution in [0.5, 0.6) is 11.5 Å². The van der Waals surface area contributed by atoms with Crippen LogP contribution >= 0.6 is 0 Å². The number of unbranched alkanes of at least 4 members (excludes halogenated alkanes) is 1. The molecule has 1 saturated heterocycles. The molecule has 0 aliphatic carbocycles. The zero-order valence-corrected chi connectivity index (χ0v) is 31.4. The normalized spacial score (nSPS) is 21.8. The monoisotopic (exact) mass is 731 g/mol. The summed E-state index contributed by atoms with van der Waals surface area (Å²) in [6.45, 7) is 6.11. The number of amides is 3. The van der Waals surface area contributed by atoms with Gasteiger partial charge >= 0.3 is 6.09 Å². The van der Waals surface area contributed by atoms with Crippen molar-refractivity contribution < 1.29 is 33.3 Å².